The maximum Gasteiger partial charge on any atom is 0.251 e. The molecule has 0 aliphatic rings. The van der Waals surface area contributed by atoms with Gasteiger partial charge in [0.15, 0.2) is 0 Å². The Morgan fingerprint density at radius 3 is 2.48 bits per heavy atom. The summed E-state index contributed by atoms with van der Waals surface area (Å²) in [5.41, 5.74) is 2.70. The third-order valence-electron chi connectivity index (χ3n) is 3.39. The zero-order valence-electron chi connectivity index (χ0n) is 13.8. The molecule has 122 valence electrons. The first-order valence-electron chi connectivity index (χ1n) is 7.70. The van der Waals surface area contributed by atoms with E-state index in [0.29, 0.717) is 18.7 Å². The SMILES string of the molecule is COc1cccc(CNC(=O)c2ccc(COC(C)C)cc2)c1. The van der Waals surface area contributed by atoms with Crippen LogP contribution in [0.25, 0.3) is 0 Å². The number of ether oxygens (including phenoxy) is 2. The number of hydrogen-bond acceptors (Lipinski definition) is 3. The Bertz CT molecular complexity index is 635. The van der Waals surface area contributed by atoms with Gasteiger partial charge in [-0.25, -0.2) is 0 Å². The molecule has 0 bridgehead atoms. The third kappa shape index (κ3) is 5.42. The smallest absolute Gasteiger partial charge is 0.251 e. The van der Waals surface area contributed by atoms with E-state index >= 15 is 0 Å². The van der Waals surface area contributed by atoms with Gasteiger partial charge in [-0.2, -0.15) is 0 Å². The van der Waals surface area contributed by atoms with Crippen LogP contribution in [0.1, 0.15) is 35.3 Å². The largest absolute Gasteiger partial charge is 0.497 e. The Hall–Kier alpha value is -2.33. The van der Waals surface area contributed by atoms with E-state index in [-0.39, 0.29) is 12.0 Å². The van der Waals surface area contributed by atoms with Gasteiger partial charge in [0.2, 0.25) is 0 Å². The summed E-state index contributed by atoms with van der Waals surface area (Å²) in [6.07, 6.45) is 0.195. The second kappa shape index (κ2) is 8.34. The predicted octanol–water partition coefficient (Wildman–Crippen LogP) is 3.55. The van der Waals surface area contributed by atoms with Crippen LogP contribution in [0, 0.1) is 0 Å². The van der Waals surface area contributed by atoms with E-state index < -0.39 is 0 Å². The number of nitrogens with one attached hydrogen (secondary N) is 1. The number of hydrogen-bond donors (Lipinski definition) is 1. The number of methoxy groups -OCH3 is 1. The monoisotopic (exact) mass is 313 g/mol. The molecule has 0 aliphatic heterocycles. The van der Waals surface area contributed by atoms with E-state index in [0.717, 1.165) is 16.9 Å². The van der Waals surface area contributed by atoms with Gasteiger partial charge in [-0.15, -0.1) is 0 Å². The van der Waals surface area contributed by atoms with Crippen LogP contribution >= 0.6 is 0 Å². The molecule has 23 heavy (non-hydrogen) atoms. The van der Waals surface area contributed by atoms with Crippen molar-refractivity contribution in [2.24, 2.45) is 0 Å². The van der Waals surface area contributed by atoms with E-state index in [4.69, 9.17) is 9.47 Å². The van der Waals surface area contributed by atoms with Gasteiger partial charge in [0.1, 0.15) is 5.75 Å². The quantitative estimate of drug-likeness (QED) is 0.850. The summed E-state index contributed by atoms with van der Waals surface area (Å²) in [7, 11) is 1.63. The van der Waals surface area contributed by atoms with Crippen molar-refractivity contribution in [1.29, 1.82) is 0 Å². The van der Waals surface area contributed by atoms with Gasteiger partial charge >= 0.3 is 0 Å². The highest BCUT2D eigenvalue weighted by atomic mass is 16.5. The maximum absolute atomic E-state index is 12.2. The molecule has 0 spiro atoms. The Balaban J connectivity index is 1.90. The highest BCUT2D eigenvalue weighted by Crippen LogP contribution is 2.12. The van der Waals surface area contributed by atoms with Crippen molar-refractivity contribution >= 4 is 5.91 Å². The van der Waals surface area contributed by atoms with E-state index in [1.54, 1.807) is 7.11 Å². The predicted molar refractivity (Wildman–Crippen MR) is 90.5 cm³/mol. The average molecular weight is 313 g/mol. The molecule has 0 heterocycles. The second-order valence-corrected chi connectivity index (χ2v) is 5.59. The van der Waals surface area contributed by atoms with E-state index in [1.165, 1.54) is 0 Å². The summed E-state index contributed by atoms with van der Waals surface area (Å²) >= 11 is 0. The Kier molecular flexibility index (Phi) is 6.18. The molecule has 0 unspecified atom stereocenters. The van der Waals surface area contributed by atoms with Crippen LogP contribution in [0.2, 0.25) is 0 Å². The van der Waals surface area contributed by atoms with Crippen LogP contribution in [-0.2, 0) is 17.9 Å². The van der Waals surface area contributed by atoms with Crippen LogP contribution in [-0.4, -0.2) is 19.1 Å². The van der Waals surface area contributed by atoms with Gasteiger partial charge in [-0.1, -0.05) is 24.3 Å². The molecule has 0 atom stereocenters. The fourth-order valence-electron chi connectivity index (χ4n) is 2.08. The van der Waals surface area contributed by atoms with Crippen LogP contribution in [0.5, 0.6) is 5.75 Å². The van der Waals surface area contributed by atoms with Crippen molar-refractivity contribution in [1.82, 2.24) is 5.32 Å². The lowest BCUT2D eigenvalue weighted by molar-refractivity contribution is 0.0657. The van der Waals surface area contributed by atoms with Crippen molar-refractivity contribution in [3.05, 3.63) is 65.2 Å². The molecule has 0 aliphatic carbocycles. The summed E-state index contributed by atoms with van der Waals surface area (Å²) in [6, 6.07) is 15.1. The Labute approximate surface area is 137 Å². The van der Waals surface area contributed by atoms with E-state index in [9.17, 15) is 4.79 Å². The molecule has 2 aromatic carbocycles. The van der Waals surface area contributed by atoms with E-state index in [2.05, 4.69) is 5.32 Å². The van der Waals surface area contributed by atoms with Crippen molar-refractivity contribution in [3.63, 3.8) is 0 Å². The summed E-state index contributed by atoms with van der Waals surface area (Å²) in [6.45, 7) is 5.03. The molecule has 0 radical (unpaired) electrons. The number of carbonyl (C=O) groups is 1. The first kappa shape index (κ1) is 17.0. The normalized spacial score (nSPS) is 10.6. The lowest BCUT2D eigenvalue weighted by Crippen LogP contribution is -2.22. The second-order valence-electron chi connectivity index (χ2n) is 5.59. The van der Waals surface area contributed by atoms with Crippen LogP contribution < -0.4 is 10.1 Å². The molecule has 2 aromatic rings. The van der Waals surface area contributed by atoms with Crippen LogP contribution in [0.4, 0.5) is 0 Å². The van der Waals surface area contributed by atoms with Crippen molar-refractivity contribution in [3.8, 4) is 5.75 Å². The molecular weight excluding hydrogens is 290 g/mol. The standard InChI is InChI=1S/C19H23NO3/c1-14(2)23-13-15-7-9-17(10-8-15)19(21)20-12-16-5-4-6-18(11-16)22-3/h4-11,14H,12-13H2,1-3H3,(H,20,21). The highest BCUT2D eigenvalue weighted by molar-refractivity contribution is 5.94. The Morgan fingerprint density at radius 2 is 1.83 bits per heavy atom. The van der Waals surface area contributed by atoms with Crippen molar-refractivity contribution in [2.45, 2.75) is 33.1 Å². The van der Waals surface area contributed by atoms with Gasteiger partial charge in [0.25, 0.3) is 5.91 Å². The van der Waals surface area contributed by atoms with Crippen molar-refractivity contribution in [2.75, 3.05) is 7.11 Å². The average Bonchev–Trinajstić information content (AvgIpc) is 2.58. The summed E-state index contributed by atoms with van der Waals surface area (Å²) < 4.78 is 10.7. The lowest BCUT2D eigenvalue weighted by Gasteiger charge is -2.09. The molecule has 0 saturated heterocycles. The zero-order valence-corrected chi connectivity index (χ0v) is 13.8. The zero-order chi connectivity index (χ0) is 16.7. The fraction of sp³-hybridized carbons (Fsp3) is 0.316. The molecule has 1 N–H and O–H groups in total. The first-order chi connectivity index (χ1) is 11.1. The van der Waals surface area contributed by atoms with Crippen molar-refractivity contribution < 1.29 is 14.3 Å². The van der Waals surface area contributed by atoms with Gasteiger partial charge in [-0.3, -0.25) is 4.79 Å². The van der Waals surface area contributed by atoms with E-state index in [1.807, 2.05) is 62.4 Å². The number of amides is 1. The lowest BCUT2D eigenvalue weighted by atomic mass is 10.1. The minimum atomic E-state index is -0.0934. The minimum absolute atomic E-state index is 0.0934. The minimum Gasteiger partial charge on any atom is -0.497 e. The highest BCUT2D eigenvalue weighted by Gasteiger charge is 2.06. The number of rotatable bonds is 7. The fourth-order valence-corrected chi connectivity index (χ4v) is 2.08. The molecule has 0 saturated carbocycles. The molecule has 4 heteroatoms. The molecule has 0 fully saturated rings. The third-order valence-corrected chi connectivity index (χ3v) is 3.39. The molecule has 4 nitrogen and oxygen atoms in total. The van der Waals surface area contributed by atoms with Gasteiger partial charge in [0.05, 0.1) is 19.8 Å². The summed E-state index contributed by atoms with van der Waals surface area (Å²) in [5, 5.41) is 2.91. The number of benzene rings is 2. The van der Waals surface area contributed by atoms with Gasteiger partial charge in [-0.05, 0) is 49.2 Å². The Morgan fingerprint density at radius 1 is 1.09 bits per heavy atom. The van der Waals surface area contributed by atoms with Crippen LogP contribution in [0.3, 0.4) is 0 Å². The molecule has 0 aromatic heterocycles. The maximum atomic E-state index is 12.2. The molecule has 1 amide bonds. The molecular formula is C19H23NO3. The topological polar surface area (TPSA) is 47.6 Å². The molecule has 2 rings (SSSR count). The van der Waals surface area contributed by atoms with Gasteiger partial charge in [0, 0.05) is 12.1 Å². The first-order valence-corrected chi connectivity index (χ1v) is 7.70. The van der Waals surface area contributed by atoms with Crippen LogP contribution in [0.15, 0.2) is 48.5 Å². The van der Waals surface area contributed by atoms with Gasteiger partial charge < -0.3 is 14.8 Å². The number of carbonyl (C=O) groups excluding carboxylic acids is 1. The summed E-state index contributed by atoms with van der Waals surface area (Å²) in [4.78, 5) is 12.2. The summed E-state index contributed by atoms with van der Waals surface area (Å²) in [5.74, 6) is 0.690.